The Labute approximate surface area is 73.4 Å². The van der Waals surface area contributed by atoms with Crippen LogP contribution in [0.1, 0.15) is 0 Å². The molecule has 1 fully saturated rings. The Bertz CT molecular complexity index is 70.7. The minimum Gasteiger partial charge on any atom is -0.395 e. The van der Waals surface area contributed by atoms with E-state index >= 15 is 0 Å². The molecule has 64 valence electrons. The Balaban J connectivity index is 0. The van der Waals surface area contributed by atoms with Gasteiger partial charge in [0, 0.05) is 25.7 Å². The van der Waals surface area contributed by atoms with Crippen LogP contribution in [0.4, 0.5) is 0 Å². The van der Waals surface area contributed by atoms with E-state index in [2.05, 4.69) is 10.6 Å². The highest BCUT2D eigenvalue weighted by Gasteiger charge is 2.13. The van der Waals surface area contributed by atoms with Gasteiger partial charge in [-0.15, -0.1) is 24.8 Å². The van der Waals surface area contributed by atoms with E-state index in [1.807, 2.05) is 0 Å². The van der Waals surface area contributed by atoms with Crippen LogP contribution in [-0.4, -0.2) is 37.4 Å². The van der Waals surface area contributed by atoms with Crippen molar-refractivity contribution < 1.29 is 5.11 Å². The first-order chi connectivity index (χ1) is 3.93. The minimum atomic E-state index is 0. The van der Waals surface area contributed by atoms with Gasteiger partial charge < -0.3 is 15.7 Å². The molecule has 5 heteroatoms. The van der Waals surface area contributed by atoms with Crippen LogP contribution in [0.2, 0.25) is 0 Å². The topological polar surface area (TPSA) is 44.3 Å². The number of nitrogens with one attached hydrogen (secondary N) is 2. The van der Waals surface area contributed by atoms with E-state index in [-0.39, 0.29) is 31.4 Å². The fourth-order valence-corrected chi connectivity index (χ4v) is 0.702. The standard InChI is InChI=1S/C5H12N2O.2ClH/c8-2-1-7-5-3-6-4-5;;/h5-8H,1-4H2;2*1H. The quantitative estimate of drug-likeness (QED) is 0.554. The monoisotopic (exact) mass is 188 g/mol. The van der Waals surface area contributed by atoms with E-state index < -0.39 is 0 Å². The predicted octanol–water partition coefficient (Wildman–Crippen LogP) is -0.616. The number of hydrogen-bond acceptors (Lipinski definition) is 3. The van der Waals surface area contributed by atoms with Gasteiger partial charge >= 0.3 is 0 Å². The molecule has 0 spiro atoms. The van der Waals surface area contributed by atoms with Gasteiger partial charge in [0.2, 0.25) is 0 Å². The molecule has 1 saturated heterocycles. The molecule has 0 aliphatic carbocycles. The highest BCUT2D eigenvalue weighted by molar-refractivity contribution is 5.85. The van der Waals surface area contributed by atoms with Crippen LogP contribution in [0, 0.1) is 0 Å². The zero-order chi connectivity index (χ0) is 5.82. The summed E-state index contributed by atoms with van der Waals surface area (Å²) in [5.41, 5.74) is 0. The molecule has 0 aromatic carbocycles. The first kappa shape index (κ1) is 13.1. The van der Waals surface area contributed by atoms with Crippen molar-refractivity contribution in [3.05, 3.63) is 0 Å². The summed E-state index contributed by atoms with van der Waals surface area (Å²) in [6.45, 7) is 3.09. The number of rotatable bonds is 3. The van der Waals surface area contributed by atoms with Gasteiger partial charge in [0.05, 0.1) is 6.61 Å². The molecule has 3 nitrogen and oxygen atoms in total. The van der Waals surface area contributed by atoms with Crippen LogP contribution in [-0.2, 0) is 0 Å². The normalized spacial score (nSPS) is 16.5. The molecular formula is C5H14Cl2N2O. The van der Waals surface area contributed by atoms with E-state index in [4.69, 9.17) is 5.11 Å². The summed E-state index contributed by atoms with van der Waals surface area (Å²) in [5.74, 6) is 0. The molecule has 0 amide bonds. The SMILES string of the molecule is Cl.Cl.OCCNC1CNC1. The number of hydrogen-bond donors (Lipinski definition) is 3. The maximum absolute atomic E-state index is 8.35. The third-order valence-corrected chi connectivity index (χ3v) is 1.33. The lowest BCUT2D eigenvalue weighted by Gasteiger charge is -2.27. The predicted molar refractivity (Wildman–Crippen MR) is 46.2 cm³/mol. The molecule has 1 heterocycles. The third-order valence-electron chi connectivity index (χ3n) is 1.33. The van der Waals surface area contributed by atoms with E-state index in [1.54, 1.807) is 0 Å². The van der Waals surface area contributed by atoms with Gasteiger partial charge in [-0.2, -0.15) is 0 Å². The number of aliphatic hydroxyl groups is 1. The smallest absolute Gasteiger partial charge is 0.0556 e. The minimum absolute atomic E-state index is 0. The van der Waals surface area contributed by atoms with Crippen LogP contribution in [0.15, 0.2) is 0 Å². The Morgan fingerprint density at radius 1 is 1.40 bits per heavy atom. The van der Waals surface area contributed by atoms with E-state index in [1.165, 1.54) is 0 Å². The van der Waals surface area contributed by atoms with Crippen molar-refractivity contribution in [2.75, 3.05) is 26.2 Å². The molecule has 3 N–H and O–H groups in total. The Morgan fingerprint density at radius 3 is 2.30 bits per heavy atom. The lowest BCUT2D eigenvalue weighted by atomic mass is 10.2. The second kappa shape index (κ2) is 7.57. The molecule has 0 radical (unpaired) electrons. The van der Waals surface area contributed by atoms with Crippen molar-refractivity contribution in [1.82, 2.24) is 10.6 Å². The van der Waals surface area contributed by atoms with Gasteiger partial charge in [-0.25, -0.2) is 0 Å². The zero-order valence-electron chi connectivity index (χ0n) is 5.67. The van der Waals surface area contributed by atoms with Crippen molar-refractivity contribution in [2.24, 2.45) is 0 Å². The Hall–Kier alpha value is 0.460. The third kappa shape index (κ3) is 4.30. The van der Waals surface area contributed by atoms with Crippen LogP contribution < -0.4 is 10.6 Å². The summed E-state index contributed by atoms with van der Waals surface area (Å²) in [6.07, 6.45) is 0. The molecule has 0 aromatic rings. The fraction of sp³-hybridized carbons (Fsp3) is 1.00. The second-order valence-electron chi connectivity index (χ2n) is 2.03. The highest BCUT2D eigenvalue weighted by atomic mass is 35.5. The molecule has 1 aliphatic rings. The lowest BCUT2D eigenvalue weighted by Crippen LogP contribution is -2.55. The maximum Gasteiger partial charge on any atom is 0.0556 e. The van der Waals surface area contributed by atoms with Gasteiger partial charge in [0.25, 0.3) is 0 Å². The fourth-order valence-electron chi connectivity index (χ4n) is 0.702. The number of aliphatic hydroxyl groups excluding tert-OH is 1. The van der Waals surface area contributed by atoms with Crippen LogP contribution in [0.25, 0.3) is 0 Å². The summed E-state index contributed by atoms with van der Waals surface area (Å²) in [7, 11) is 0. The highest BCUT2D eigenvalue weighted by Crippen LogP contribution is 1.87. The van der Waals surface area contributed by atoms with Crippen LogP contribution in [0.5, 0.6) is 0 Å². The van der Waals surface area contributed by atoms with Crippen molar-refractivity contribution in [3.63, 3.8) is 0 Å². The summed E-state index contributed by atoms with van der Waals surface area (Å²) < 4.78 is 0. The molecular weight excluding hydrogens is 175 g/mol. The van der Waals surface area contributed by atoms with Crippen molar-refractivity contribution >= 4 is 24.8 Å². The molecule has 1 rings (SSSR count). The number of halogens is 2. The summed E-state index contributed by atoms with van der Waals surface area (Å²) in [4.78, 5) is 0. The van der Waals surface area contributed by atoms with E-state index in [9.17, 15) is 0 Å². The molecule has 1 aliphatic heterocycles. The van der Waals surface area contributed by atoms with Crippen molar-refractivity contribution in [3.8, 4) is 0 Å². The summed E-state index contributed by atoms with van der Waals surface area (Å²) in [6, 6.07) is 0.613. The van der Waals surface area contributed by atoms with E-state index in [0.29, 0.717) is 6.04 Å². The molecule has 0 saturated carbocycles. The maximum atomic E-state index is 8.35. The Morgan fingerprint density at radius 2 is 2.00 bits per heavy atom. The first-order valence-electron chi connectivity index (χ1n) is 2.98. The zero-order valence-corrected chi connectivity index (χ0v) is 7.30. The van der Waals surface area contributed by atoms with E-state index in [0.717, 1.165) is 19.6 Å². The average Bonchev–Trinajstić information content (AvgIpc) is 1.63. The largest absolute Gasteiger partial charge is 0.395 e. The average molecular weight is 189 g/mol. The Kier molecular flexibility index (Phi) is 9.90. The molecule has 0 aromatic heterocycles. The second-order valence-corrected chi connectivity index (χ2v) is 2.03. The summed E-state index contributed by atoms with van der Waals surface area (Å²) >= 11 is 0. The molecule has 0 bridgehead atoms. The first-order valence-corrected chi connectivity index (χ1v) is 2.98. The molecule has 0 atom stereocenters. The van der Waals surface area contributed by atoms with Gasteiger partial charge in [0.15, 0.2) is 0 Å². The van der Waals surface area contributed by atoms with Crippen molar-refractivity contribution in [1.29, 1.82) is 0 Å². The van der Waals surface area contributed by atoms with Gasteiger partial charge in [0.1, 0.15) is 0 Å². The van der Waals surface area contributed by atoms with Gasteiger partial charge in [-0.3, -0.25) is 0 Å². The van der Waals surface area contributed by atoms with Gasteiger partial charge in [-0.1, -0.05) is 0 Å². The van der Waals surface area contributed by atoms with Crippen LogP contribution in [0.3, 0.4) is 0 Å². The summed E-state index contributed by atoms with van der Waals surface area (Å²) in [5, 5.41) is 14.6. The lowest BCUT2D eigenvalue weighted by molar-refractivity contribution is 0.268. The van der Waals surface area contributed by atoms with Crippen molar-refractivity contribution in [2.45, 2.75) is 6.04 Å². The van der Waals surface area contributed by atoms with Crippen LogP contribution >= 0.6 is 24.8 Å². The molecule has 0 unspecified atom stereocenters. The van der Waals surface area contributed by atoms with Gasteiger partial charge in [-0.05, 0) is 0 Å². The molecule has 10 heavy (non-hydrogen) atoms.